The van der Waals surface area contributed by atoms with Gasteiger partial charge >= 0.3 is 0 Å². The molecule has 0 radical (unpaired) electrons. The number of ether oxygens (including phenoxy) is 2. The number of piperazine rings is 1. The van der Waals surface area contributed by atoms with Gasteiger partial charge in [0, 0.05) is 44.5 Å². The summed E-state index contributed by atoms with van der Waals surface area (Å²) in [6.45, 7) is 4.04. The van der Waals surface area contributed by atoms with Gasteiger partial charge in [0.2, 0.25) is 5.91 Å². The zero-order valence-electron chi connectivity index (χ0n) is 19.4. The highest BCUT2D eigenvalue weighted by atomic mass is 32.2. The largest absolute Gasteiger partial charge is 0.497 e. The van der Waals surface area contributed by atoms with Crippen molar-refractivity contribution in [3.8, 4) is 11.5 Å². The summed E-state index contributed by atoms with van der Waals surface area (Å²) >= 11 is 1.42. The summed E-state index contributed by atoms with van der Waals surface area (Å²) in [5, 5.41) is 3.74. The molecule has 1 fully saturated rings. The van der Waals surface area contributed by atoms with Gasteiger partial charge in [0.15, 0.2) is 0 Å². The van der Waals surface area contributed by atoms with E-state index in [-0.39, 0.29) is 5.91 Å². The zero-order chi connectivity index (χ0) is 23.8. The Morgan fingerprint density at radius 2 is 1.53 bits per heavy atom. The summed E-state index contributed by atoms with van der Waals surface area (Å²) in [5.41, 5.74) is 2.22. The third-order valence-electron chi connectivity index (χ3n) is 5.67. The van der Waals surface area contributed by atoms with E-state index in [1.165, 1.54) is 17.4 Å². The molecule has 1 saturated heterocycles. The van der Waals surface area contributed by atoms with Crippen LogP contribution in [0.25, 0.3) is 0 Å². The van der Waals surface area contributed by atoms with Gasteiger partial charge in [0.25, 0.3) is 0 Å². The summed E-state index contributed by atoms with van der Waals surface area (Å²) < 4.78 is 10.4. The fraction of sp³-hybridized carbons (Fsp3) is 0.320. The summed E-state index contributed by atoms with van der Waals surface area (Å²) in [6.07, 6.45) is 1.57. The molecule has 2 heterocycles. The molecule has 178 valence electrons. The summed E-state index contributed by atoms with van der Waals surface area (Å²) in [7, 11) is 3.31. The second-order valence-electron chi connectivity index (χ2n) is 7.80. The topological polar surface area (TPSA) is 79.8 Å². The van der Waals surface area contributed by atoms with E-state index in [4.69, 9.17) is 9.47 Å². The van der Waals surface area contributed by atoms with E-state index >= 15 is 0 Å². The Bertz CT molecular complexity index is 1070. The van der Waals surface area contributed by atoms with Gasteiger partial charge in [-0.05, 0) is 42.0 Å². The number of hydrogen-bond donors (Lipinski definition) is 1. The minimum Gasteiger partial charge on any atom is -0.497 e. The van der Waals surface area contributed by atoms with Gasteiger partial charge in [-0.25, -0.2) is 9.97 Å². The fourth-order valence-electron chi connectivity index (χ4n) is 3.70. The van der Waals surface area contributed by atoms with Crippen LogP contribution < -0.4 is 24.6 Å². The van der Waals surface area contributed by atoms with E-state index in [2.05, 4.69) is 37.2 Å². The van der Waals surface area contributed by atoms with Crippen molar-refractivity contribution in [2.24, 2.45) is 0 Å². The van der Waals surface area contributed by atoms with E-state index in [0.29, 0.717) is 12.3 Å². The van der Waals surface area contributed by atoms with Gasteiger partial charge in [-0.1, -0.05) is 23.9 Å². The van der Waals surface area contributed by atoms with Crippen LogP contribution in [-0.4, -0.2) is 62.0 Å². The Morgan fingerprint density at radius 3 is 2.18 bits per heavy atom. The van der Waals surface area contributed by atoms with E-state index in [1.54, 1.807) is 20.5 Å². The molecule has 1 N–H and O–H groups in total. The molecule has 3 aromatic rings. The molecule has 0 spiro atoms. The van der Waals surface area contributed by atoms with Crippen molar-refractivity contribution >= 4 is 29.2 Å². The van der Waals surface area contributed by atoms with Crippen LogP contribution in [0.15, 0.2) is 66.0 Å². The molecule has 0 saturated carbocycles. The first-order chi connectivity index (χ1) is 16.6. The van der Waals surface area contributed by atoms with Crippen LogP contribution in [0.5, 0.6) is 11.5 Å². The number of carbonyl (C=O) groups excluding carboxylic acids is 1. The molecule has 4 rings (SSSR count). The summed E-state index contributed by atoms with van der Waals surface area (Å²) in [4.78, 5) is 25.7. The van der Waals surface area contributed by atoms with Crippen LogP contribution in [0.3, 0.4) is 0 Å². The van der Waals surface area contributed by atoms with E-state index in [1.807, 2.05) is 42.5 Å². The fourth-order valence-corrected chi connectivity index (χ4v) is 4.39. The minimum absolute atomic E-state index is 0.0333. The lowest BCUT2D eigenvalue weighted by molar-refractivity contribution is -0.118. The Kier molecular flexibility index (Phi) is 8.08. The number of carbonyl (C=O) groups is 1. The van der Waals surface area contributed by atoms with Crippen LogP contribution in [0.4, 0.5) is 11.5 Å². The number of rotatable bonds is 9. The number of thioether (sulfide) groups is 1. The third-order valence-corrected chi connectivity index (χ3v) is 6.59. The van der Waals surface area contributed by atoms with Gasteiger partial charge in [-0.15, -0.1) is 0 Å². The number of aromatic nitrogens is 2. The van der Waals surface area contributed by atoms with Gasteiger partial charge < -0.3 is 24.6 Å². The standard InChI is InChI=1S/C25H29N5O3S/c1-32-21-7-3-19(4-8-21)16-26-24(31)17-34-25-15-23(27-18-28-25)30-13-11-29(12-14-30)20-5-9-22(33-2)10-6-20/h3-10,15,18H,11-14,16-17H2,1-2H3,(H,26,31). The normalized spacial score (nSPS) is 13.5. The zero-order valence-corrected chi connectivity index (χ0v) is 20.3. The second-order valence-corrected chi connectivity index (χ2v) is 8.80. The minimum atomic E-state index is -0.0333. The number of hydrogen-bond acceptors (Lipinski definition) is 8. The second kappa shape index (κ2) is 11.6. The first-order valence-electron chi connectivity index (χ1n) is 11.1. The predicted octanol–water partition coefficient (Wildman–Crippen LogP) is 3.23. The van der Waals surface area contributed by atoms with Crippen molar-refractivity contribution in [3.05, 3.63) is 66.5 Å². The number of benzene rings is 2. The van der Waals surface area contributed by atoms with E-state index in [0.717, 1.165) is 54.1 Å². The monoisotopic (exact) mass is 479 g/mol. The molecular weight excluding hydrogens is 450 g/mol. The molecule has 0 aliphatic carbocycles. The van der Waals surface area contributed by atoms with Crippen molar-refractivity contribution in [2.45, 2.75) is 11.6 Å². The number of amides is 1. The average molecular weight is 480 g/mol. The summed E-state index contributed by atoms with van der Waals surface area (Å²) in [5.74, 6) is 2.83. The van der Waals surface area contributed by atoms with E-state index in [9.17, 15) is 4.79 Å². The summed E-state index contributed by atoms with van der Waals surface area (Å²) in [6, 6.07) is 17.8. The highest BCUT2D eigenvalue weighted by Gasteiger charge is 2.19. The molecule has 1 aromatic heterocycles. The lowest BCUT2D eigenvalue weighted by Gasteiger charge is -2.36. The number of methoxy groups -OCH3 is 2. The van der Waals surface area contributed by atoms with Crippen molar-refractivity contribution in [1.29, 1.82) is 0 Å². The first-order valence-corrected chi connectivity index (χ1v) is 12.1. The number of nitrogens with zero attached hydrogens (tertiary/aromatic N) is 4. The lowest BCUT2D eigenvalue weighted by Crippen LogP contribution is -2.46. The molecule has 34 heavy (non-hydrogen) atoms. The molecular formula is C25H29N5O3S. The average Bonchev–Trinajstić information content (AvgIpc) is 2.91. The maximum Gasteiger partial charge on any atom is 0.230 e. The van der Waals surface area contributed by atoms with Gasteiger partial charge in [-0.3, -0.25) is 4.79 Å². The Hall–Kier alpha value is -3.46. The molecule has 0 bridgehead atoms. The van der Waals surface area contributed by atoms with Crippen molar-refractivity contribution in [2.75, 3.05) is 56.0 Å². The smallest absolute Gasteiger partial charge is 0.230 e. The van der Waals surface area contributed by atoms with Crippen LogP contribution in [0.1, 0.15) is 5.56 Å². The Labute approximate surface area is 204 Å². The number of anilines is 2. The van der Waals surface area contributed by atoms with Gasteiger partial charge in [-0.2, -0.15) is 0 Å². The van der Waals surface area contributed by atoms with Crippen molar-refractivity contribution < 1.29 is 14.3 Å². The molecule has 0 unspecified atom stereocenters. The molecule has 1 amide bonds. The SMILES string of the molecule is COc1ccc(CNC(=O)CSc2cc(N3CCN(c4ccc(OC)cc4)CC3)ncn2)cc1. The van der Waals surface area contributed by atoms with Crippen LogP contribution >= 0.6 is 11.8 Å². The Morgan fingerprint density at radius 1 is 0.912 bits per heavy atom. The highest BCUT2D eigenvalue weighted by Crippen LogP contribution is 2.24. The maximum atomic E-state index is 12.3. The van der Waals surface area contributed by atoms with Crippen LogP contribution in [0, 0.1) is 0 Å². The van der Waals surface area contributed by atoms with Crippen molar-refractivity contribution in [1.82, 2.24) is 15.3 Å². The van der Waals surface area contributed by atoms with E-state index < -0.39 is 0 Å². The van der Waals surface area contributed by atoms with Crippen LogP contribution in [0.2, 0.25) is 0 Å². The molecule has 2 aromatic carbocycles. The molecule has 1 aliphatic heterocycles. The molecule has 8 nitrogen and oxygen atoms in total. The molecule has 9 heteroatoms. The first kappa shape index (κ1) is 23.7. The predicted molar refractivity (Wildman–Crippen MR) is 135 cm³/mol. The lowest BCUT2D eigenvalue weighted by atomic mass is 10.2. The number of nitrogens with one attached hydrogen (secondary N) is 1. The third kappa shape index (κ3) is 6.32. The maximum absolute atomic E-state index is 12.3. The molecule has 0 atom stereocenters. The highest BCUT2D eigenvalue weighted by molar-refractivity contribution is 7.99. The Balaban J connectivity index is 1.24. The van der Waals surface area contributed by atoms with Crippen LogP contribution in [-0.2, 0) is 11.3 Å². The van der Waals surface area contributed by atoms with Gasteiger partial charge in [0.05, 0.1) is 20.0 Å². The van der Waals surface area contributed by atoms with Crippen molar-refractivity contribution in [3.63, 3.8) is 0 Å². The molecule has 1 aliphatic rings. The quantitative estimate of drug-likeness (QED) is 0.370. The van der Waals surface area contributed by atoms with Gasteiger partial charge in [0.1, 0.15) is 28.7 Å².